The average Bonchev–Trinajstić information content (AvgIpc) is 3.60. The molecule has 0 bridgehead atoms. The van der Waals surface area contributed by atoms with Crippen molar-refractivity contribution in [2.75, 3.05) is 6.54 Å². The van der Waals surface area contributed by atoms with Crippen LogP contribution in [0.1, 0.15) is 27.9 Å². The van der Waals surface area contributed by atoms with E-state index in [9.17, 15) is 9.59 Å². The molecule has 1 aliphatic heterocycles. The maximum Gasteiger partial charge on any atom is 0.247 e. The van der Waals surface area contributed by atoms with Crippen molar-refractivity contribution in [3.8, 4) is 11.1 Å². The molecule has 0 fully saturated rings. The Kier molecular flexibility index (Phi) is 8.75. The number of carbonyl (C=O) groups excluding carboxylic acids is 2. The first-order chi connectivity index (χ1) is 21.1. The van der Waals surface area contributed by atoms with Gasteiger partial charge in [0.15, 0.2) is 0 Å². The van der Waals surface area contributed by atoms with Crippen LogP contribution in [0.25, 0.3) is 17.2 Å². The van der Waals surface area contributed by atoms with E-state index in [1.807, 2.05) is 83.8 Å². The van der Waals surface area contributed by atoms with Crippen molar-refractivity contribution in [2.45, 2.75) is 32.0 Å². The molecule has 8 heteroatoms. The largest absolute Gasteiger partial charge is 0.336 e. The highest BCUT2D eigenvalue weighted by atomic mass is 32.1. The summed E-state index contributed by atoms with van der Waals surface area (Å²) in [5.74, 6) is -0.304. The molecule has 0 spiro atoms. The number of benzene rings is 3. The number of rotatable bonds is 9. The van der Waals surface area contributed by atoms with Gasteiger partial charge < -0.3 is 9.80 Å². The van der Waals surface area contributed by atoms with Gasteiger partial charge in [-0.3, -0.25) is 14.6 Å². The van der Waals surface area contributed by atoms with Gasteiger partial charge >= 0.3 is 0 Å². The molecule has 0 saturated heterocycles. The van der Waals surface area contributed by atoms with Crippen molar-refractivity contribution in [3.63, 3.8) is 0 Å². The van der Waals surface area contributed by atoms with Crippen molar-refractivity contribution in [2.24, 2.45) is 0 Å². The van der Waals surface area contributed by atoms with Crippen molar-refractivity contribution in [3.05, 3.63) is 143 Å². The first-order valence-corrected chi connectivity index (χ1v) is 15.1. The quantitative estimate of drug-likeness (QED) is 0.203. The molecule has 0 aliphatic carbocycles. The Labute approximate surface area is 255 Å². The number of pyridine rings is 1. The maximum atomic E-state index is 14.4. The summed E-state index contributed by atoms with van der Waals surface area (Å²) in [6, 6.07) is 29.5. The lowest BCUT2D eigenvalue weighted by Crippen LogP contribution is -2.52. The van der Waals surface area contributed by atoms with Crippen LogP contribution in [-0.2, 0) is 35.5 Å². The first kappa shape index (κ1) is 28.2. The molecule has 214 valence electrons. The lowest BCUT2D eigenvalue weighted by atomic mass is 9.97. The molecule has 3 heterocycles. The molecule has 7 nitrogen and oxygen atoms in total. The molecule has 3 aromatic carbocycles. The van der Waals surface area contributed by atoms with E-state index in [1.54, 1.807) is 28.7 Å². The van der Waals surface area contributed by atoms with Gasteiger partial charge in [-0.1, -0.05) is 83.4 Å². The molecule has 0 unspecified atom stereocenters. The minimum Gasteiger partial charge on any atom is -0.336 e. The van der Waals surface area contributed by atoms with Crippen molar-refractivity contribution in [1.29, 1.82) is 0 Å². The second kappa shape index (κ2) is 13.4. The van der Waals surface area contributed by atoms with Crippen molar-refractivity contribution in [1.82, 2.24) is 24.4 Å². The van der Waals surface area contributed by atoms with E-state index in [0.29, 0.717) is 25.2 Å². The highest BCUT2D eigenvalue weighted by molar-refractivity contribution is 7.03. The molecule has 1 aliphatic rings. The van der Waals surface area contributed by atoms with Gasteiger partial charge in [0, 0.05) is 49.9 Å². The van der Waals surface area contributed by atoms with Gasteiger partial charge in [0.25, 0.3) is 0 Å². The van der Waals surface area contributed by atoms with Crippen LogP contribution in [-0.4, -0.2) is 48.8 Å². The summed E-state index contributed by atoms with van der Waals surface area (Å²) in [5, 5.41) is 5.83. The molecule has 43 heavy (non-hydrogen) atoms. The van der Waals surface area contributed by atoms with E-state index in [-0.39, 0.29) is 18.4 Å². The highest BCUT2D eigenvalue weighted by Gasteiger charge is 2.34. The Hall–Kier alpha value is -4.95. The van der Waals surface area contributed by atoms with Crippen LogP contribution in [0, 0.1) is 0 Å². The topological polar surface area (TPSA) is 79.3 Å². The van der Waals surface area contributed by atoms with Crippen LogP contribution in [0.4, 0.5) is 0 Å². The fourth-order valence-electron chi connectivity index (χ4n) is 5.45. The summed E-state index contributed by atoms with van der Waals surface area (Å²) >= 11 is 1.23. The van der Waals surface area contributed by atoms with Gasteiger partial charge in [-0.2, -0.15) is 0 Å². The minimum absolute atomic E-state index is 0.0520. The Morgan fingerprint density at radius 1 is 0.860 bits per heavy atom. The molecular formula is C35H31N5O2S. The zero-order valence-corrected chi connectivity index (χ0v) is 24.4. The van der Waals surface area contributed by atoms with Crippen LogP contribution >= 0.6 is 11.5 Å². The number of aromatic nitrogens is 3. The zero-order chi connectivity index (χ0) is 29.4. The smallest absolute Gasteiger partial charge is 0.247 e. The number of hydrogen-bond donors (Lipinski definition) is 0. The van der Waals surface area contributed by atoms with E-state index in [4.69, 9.17) is 0 Å². The summed E-state index contributed by atoms with van der Waals surface area (Å²) in [6.45, 7) is 1.43. The predicted molar refractivity (Wildman–Crippen MR) is 169 cm³/mol. The lowest BCUT2D eigenvalue weighted by Gasteiger charge is -2.37. The van der Waals surface area contributed by atoms with Gasteiger partial charge in [0.05, 0.1) is 5.69 Å². The minimum atomic E-state index is -0.696. The van der Waals surface area contributed by atoms with Gasteiger partial charge in [-0.25, -0.2) is 0 Å². The molecule has 2 aromatic heterocycles. The Morgan fingerprint density at radius 3 is 2.33 bits per heavy atom. The third-order valence-corrected chi connectivity index (χ3v) is 8.28. The lowest BCUT2D eigenvalue weighted by molar-refractivity contribution is -0.144. The molecule has 0 saturated carbocycles. The Morgan fingerprint density at radius 2 is 1.58 bits per heavy atom. The number of amides is 2. The monoisotopic (exact) mass is 585 g/mol. The normalized spacial score (nSPS) is 13.4. The van der Waals surface area contributed by atoms with Crippen molar-refractivity contribution < 1.29 is 9.59 Å². The predicted octanol–water partition coefficient (Wildman–Crippen LogP) is 5.84. The second-order valence-corrected chi connectivity index (χ2v) is 11.2. The van der Waals surface area contributed by atoms with E-state index >= 15 is 0 Å². The second-order valence-electron chi connectivity index (χ2n) is 10.5. The molecule has 5 aromatic rings. The van der Waals surface area contributed by atoms with E-state index in [2.05, 4.69) is 26.7 Å². The van der Waals surface area contributed by atoms with Gasteiger partial charge in [-0.05, 0) is 69.5 Å². The molecule has 6 rings (SSSR count). The fourth-order valence-corrected chi connectivity index (χ4v) is 5.87. The first-order valence-electron chi connectivity index (χ1n) is 14.3. The van der Waals surface area contributed by atoms with Crippen LogP contribution in [0.2, 0.25) is 0 Å². The van der Waals surface area contributed by atoms with Gasteiger partial charge in [-0.15, -0.1) is 5.10 Å². The number of carbonyl (C=O) groups is 2. The molecule has 0 N–H and O–H groups in total. The van der Waals surface area contributed by atoms with E-state index in [1.165, 1.54) is 23.2 Å². The fraction of sp³-hybridized carbons (Fsp3) is 0.171. The molecule has 1 atom stereocenters. The summed E-state index contributed by atoms with van der Waals surface area (Å²) in [7, 11) is 0. The summed E-state index contributed by atoms with van der Waals surface area (Å²) < 4.78 is 3.90. The van der Waals surface area contributed by atoms with Crippen LogP contribution in [0.15, 0.2) is 115 Å². The standard InChI is InChI=1S/C35H31N5O2S/c41-34(15-14-32-25-43-38-37-32)40(23-27-10-12-29(13-11-27)30-16-19-36-20-17-30)33(22-26-6-2-1-3-7-26)35(42)39-21-18-28-8-4-5-9-31(28)24-39/h1-17,19-20,25,33H,18,21-24H2/t33-/m0/s1. The molecular weight excluding hydrogens is 554 g/mol. The summed E-state index contributed by atoms with van der Waals surface area (Å²) in [6.07, 6.45) is 7.90. The van der Waals surface area contributed by atoms with Crippen LogP contribution < -0.4 is 0 Å². The average molecular weight is 586 g/mol. The Bertz CT molecular complexity index is 1690. The van der Waals surface area contributed by atoms with Gasteiger partial charge in [0.2, 0.25) is 11.8 Å². The van der Waals surface area contributed by atoms with E-state index in [0.717, 1.165) is 34.2 Å². The molecule has 0 radical (unpaired) electrons. The summed E-state index contributed by atoms with van der Waals surface area (Å²) in [4.78, 5) is 36.1. The Balaban J connectivity index is 1.33. The van der Waals surface area contributed by atoms with Crippen LogP contribution in [0.3, 0.4) is 0 Å². The third kappa shape index (κ3) is 6.93. The zero-order valence-electron chi connectivity index (χ0n) is 23.6. The third-order valence-electron chi connectivity index (χ3n) is 7.75. The van der Waals surface area contributed by atoms with Crippen molar-refractivity contribution >= 4 is 29.4 Å². The van der Waals surface area contributed by atoms with Crippen LogP contribution in [0.5, 0.6) is 0 Å². The van der Waals surface area contributed by atoms with E-state index < -0.39 is 6.04 Å². The maximum absolute atomic E-state index is 14.4. The summed E-state index contributed by atoms with van der Waals surface area (Å²) in [5.41, 5.74) is 7.09. The SMILES string of the molecule is O=C([C@H](Cc1ccccc1)N(Cc1ccc(-c2ccncc2)cc1)C(=O)C=Cc1csnn1)N1CCc2ccccc2C1. The number of hydrogen-bond acceptors (Lipinski definition) is 6. The van der Waals surface area contributed by atoms with Gasteiger partial charge in [0.1, 0.15) is 6.04 Å². The highest BCUT2D eigenvalue weighted by Crippen LogP contribution is 2.24. The number of fused-ring (bicyclic) bond motifs is 1. The molecule has 2 amide bonds. The number of nitrogens with zero attached hydrogens (tertiary/aromatic N) is 5.